The summed E-state index contributed by atoms with van der Waals surface area (Å²) in [4.78, 5) is 9.73. The molecule has 0 N–H and O–H groups in total. The molecule has 0 aromatic carbocycles. The molecule has 0 aliphatic heterocycles. The molecule has 1 atom stereocenters. The molecular formula is C4H8INO2. The smallest absolute Gasteiger partial charge is 0.221 e. The zero-order valence-corrected chi connectivity index (χ0v) is 6.79. The first-order valence-corrected chi connectivity index (χ1v) is 3.94. The highest BCUT2D eigenvalue weighted by Gasteiger charge is 2.13. The minimum Gasteiger partial charge on any atom is -0.264 e. The van der Waals surface area contributed by atoms with E-state index in [1.165, 1.54) is 0 Å². The molecule has 0 saturated carbocycles. The molecule has 3 nitrogen and oxygen atoms in total. The summed E-state index contributed by atoms with van der Waals surface area (Å²) in [5, 5.41) is 9.96. The van der Waals surface area contributed by atoms with Crippen LogP contribution >= 0.6 is 22.6 Å². The van der Waals surface area contributed by atoms with Gasteiger partial charge >= 0.3 is 0 Å². The molecular weight excluding hydrogens is 221 g/mol. The van der Waals surface area contributed by atoms with Gasteiger partial charge in [0.25, 0.3) is 0 Å². The molecule has 0 bridgehead atoms. The van der Waals surface area contributed by atoms with Gasteiger partial charge < -0.3 is 0 Å². The number of nitrogens with zero attached hydrogens (tertiary/aromatic N) is 1. The zero-order chi connectivity index (χ0) is 6.57. The normalized spacial score (nSPS) is 13.2. The van der Waals surface area contributed by atoms with Crippen LogP contribution in [0.5, 0.6) is 0 Å². The predicted octanol–water partition coefficient (Wildman–Crippen LogP) is 1.48. The third-order valence-electron chi connectivity index (χ3n) is 0.948. The lowest BCUT2D eigenvalue weighted by molar-refractivity contribution is -0.516. The molecule has 8 heavy (non-hydrogen) atoms. The zero-order valence-electron chi connectivity index (χ0n) is 4.63. The minimum absolute atomic E-state index is 0.230. The first-order chi connectivity index (χ1) is 3.72. The summed E-state index contributed by atoms with van der Waals surface area (Å²) in [7, 11) is 0. The predicted molar refractivity (Wildman–Crippen MR) is 40.0 cm³/mol. The monoisotopic (exact) mass is 229 g/mol. The van der Waals surface area contributed by atoms with Crippen molar-refractivity contribution in [2.75, 3.05) is 4.43 Å². The molecule has 4 heteroatoms. The van der Waals surface area contributed by atoms with Gasteiger partial charge in [-0.1, -0.05) is 29.5 Å². The maximum absolute atomic E-state index is 9.96. The molecule has 0 saturated heterocycles. The highest BCUT2D eigenvalue weighted by molar-refractivity contribution is 14.1. The van der Waals surface area contributed by atoms with E-state index in [-0.39, 0.29) is 11.0 Å². The molecule has 0 aromatic heterocycles. The van der Waals surface area contributed by atoms with Crippen LogP contribution in [-0.2, 0) is 0 Å². The number of hydrogen-bond donors (Lipinski definition) is 0. The molecule has 0 rings (SSSR count). The van der Waals surface area contributed by atoms with Gasteiger partial charge in [0.2, 0.25) is 6.04 Å². The molecule has 0 spiro atoms. The van der Waals surface area contributed by atoms with Crippen LogP contribution in [0.1, 0.15) is 13.3 Å². The average Bonchev–Trinajstić information content (AvgIpc) is 1.69. The van der Waals surface area contributed by atoms with Crippen LogP contribution < -0.4 is 0 Å². The Hall–Kier alpha value is 0.130. The van der Waals surface area contributed by atoms with Crippen molar-refractivity contribution in [1.82, 2.24) is 0 Å². The molecule has 0 radical (unpaired) electrons. The van der Waals surface area contributed by atoms with Crippen molar-refractivity contribution < 1.29 is 4.92 Å². The fourth-order valence-electron chi connectivity index (χ4n) is 0.315. The fraction of sp³-hybridized carbons (Fsp3) is 1.00. The highest BCUT2D eigenvalue weighted by Crippen LogP contribution is 1.99. The third-order valence-corrected chi connectivity index (χ3v) is 1.96. The van der Waals surface area contributed by atoms with Gasteiger partial charge in [0.15, 0.2) is 0 Å². The van der Waals surface area contributed by atoms with E-state index in [9.17, 15) is 10.1 Å². The topological polar surface area (TPSA) is 43.1 Å². The van der Waals surface area contributed by atoms with Crippen molar-refractivity contribution in [2.24, 2.45) is 0 Å². The summed E-state index contributed by atoms with van der Waals surface area (Å²) in [6.07, 6.45) is 0.635. The minimum atomic E-state index is -0.337. The first kappa shape index (κ1) is 8.13. The van der Waals surface area contributed by atoms with Crippen LogP contribution in [0.4, 0.5) is 0 Å². The SMILES string of the molecule is CC[C@@H](CI)[N+](=O)[O-]. The summed E-state index contributed by atoms with van der Waals surface area (Å²) in [5.74, 6) is 0. The second kappa shape index (κ2) is 4.05. The average molecular weight is 229 g/mol. The Bertz CT molecular complexity index is 82.1. The highest BCUT2D eigenvalue weighted by atomic mass is 127. The fourth-order valence-corrected chi connectivity index (χ4v) is 1.26. The summed E-state index contributed by atoms with van der Waals surface area (Å²) in [6.45, 7) is 1.83. The van der Waals surface area contributed by atoms with Gasteiger partial charge in [-0.15, -0.1) is 0 Å². The lowest BCUT2D eigenvalue weighted by Crippen LogP contribution is -2.19. The van der Waals surface area contributed by atoms with Gasteiger partial charge in [0, 0.05) is 11.3 Å². The van der Waals surface area contributed by atoms with Crippen LogP contribution in [0.25, 0.3) is 0 Å². The molecule has 0 aromatic rings. The second-order valence-electron chi connectivity index (χ2n) is 1.50. The van der Waals surface area contributed by atoms with E-state index in [0.717, 1.165) is 0 Å². The maximum Gasteiger partial charge on any atom is 0.221 e. The van der Waals surface area contributed by atoms with E-state index < -0.39 is 0 Å². The number of hydrogen-bond acceptors (Lipinski definition) is 2. The summed E-state index contributed by atoms with van der Waals surface area (Å²) in [6, 6.07) is -0.337. The van der Waals surface area contributed by atoms with Gasteiger partial charge in [-0.2, -0.15) is 0 Å². The van der Waals surface area contributed by atoms with Gasteiger partial charge in [0.1, 0.15) is 0 Å². The Kier molecular flexibility index (Phi) is 4.12. The van der Waals surface area contributed by atoms with Gasteiger partial charge in [-0.25, -0.2) is 0 Å². The first-order valence-electron chi connectivity index (χ1n) is 2.41. The van der Waals surface area contributed by atoms with Crippen LogP contribution in [0.2, 0.25) is 0 Å². The number of rotatable bonds is 3. The van der Waals surface area contributed by atoms with Gasteiger partial charge in [0.05, 0.1) is 4.43 Å². The third kappa shape index (κ3) is 2.44. The molecule has 48 valence electrons. The Labute approximate surface area is 61.7 Å². The Morgan fingerprint density at radius 3 is 2.38 bits per heavy atom. The van der Waals surface area contributed by atoms with Crippen LogP contribution in [-0.4, -0.2) is 15.4 Å². The lowest BCUT2D eigenvalue weighted by Gasteiger charge is -1.99. The summed E-state index contributed by atoms with van der Waals surface area (Å²) in [5.41, 5.74) is 0. The number of alkyl halides is 1. The Balaban J connectivity index is 3.52. The van der Waals surface area contributed by atoms with E-state index in [4.69, 9.17) is 0 Å². The molecule has 0 fully saturated rings. The molecule has 0 heterocycles. The van der Waals surface area contributed by atoms with Crippen molar-refractivity contribution in [3.63, 3.8) is 0 Å². The van der Waals surface area contributed by atoms with Crippen molar-refractivity contribution in [1.29, 1.82) is 0 Å². The molecule has 0 amide bonds. The van der Waals surface area contributed by atoms with Crippen LogP contribution in [0, 0.1) is 10.1 Å². The molecule has 0 unspecified atom stereocenters. The van der Waals surface area contributed by atoms with E-state index in [1.54, 1.807) is 0 Å². The quantitative estimate of drug-likeness (QED) is 0.318. The largest absolute Gasteiger partial charge is 0.264 e. The summed E-state index contributed by atoms with van der Waals surface area (Å²) >= 11 is 2.02. The van der Waals surface area contributed by atoms with Crippen LogP contribution in [0.15, 0.2) is 0 Å². The van der Waals surface area contributed by atoms with Crippen molar-refractivity contribution in [2.45, 2.75) is 19.4 Å². The van der Waals surface area contributed by atoms with Crippen molar-refractivity contribution >= 4 is 22.6 Å². The molecule has 0 aliphatic carbocycles. The van der Waals surface area contributed by atoms with E-state index in [0.29, 0.717) is 10.8 Å². The van der Waals surface area contributed by atoms with E-state index >= 15 is 0 Å². The Morgan fingerprint density at radius 1 is 1.88 bits per heavy atom. The summed E-state index contributed by atoms with van der Waals surface area (Å²) < 4.78 is 0.612. The van der Waals surface area contributed by atoms with Crippen molar-refractivity contribution in [3.8, 4) is 0 Å². The number of nitro groups is 1. The van der Waals surface area contributed by atoms with E-state index in [2.05, 4.69) is 0 Å². The number of halogens is 1. The second-order valence-corrected chi connectivity index (χ2v) is 2.38. The van der Waals surface area contributed by atoms with Gasteiger partial charge in [-0.05, 0) is 0 Å². The van der Waals surface area contributed by atoms with E-state index in [1.807, 2.05) is 29.5 Å². The van der Waals surface area contributed by atoms with Crippen molar-refractivity contribution in [3.05, 3.63) is 10.1 Å². The maximum atomic E-state index is 9.96. The van der Waals surface area contributed by atoms with Crippen LogP contribution in [0.3, 0.4) is 0 Å². The lowest BCUT2D eigenvalue weighted by atomic mass is 10.3. The molecule has 0 aliphatic rings. The standard InChI is InChI=1S/C4H8INO2/c1-2-4(3-5)6(7)8/h4H,2-3H2,1H3/t4-/m0/s1. The van der Waals surface area contributed by atoms with Gasteiger partial charge in [-0.3, -0.25) is 10.1 Å². The Morgan fingerprint density at radius 2 is 2.38 bits per heavy atom.